The maximum absolute atomic E-state index is 12.6. The largest absolute Gasteiger partial charge is 0.493 e. The van der Waals surface area contributed by atoms with Crippen molar-refractivity contribution in [1.82, 2.24) is 20.0 Å². The van der Waals surface area contributed by atoms with Gasteiger partial charge in [-0.1, -0.05) is 16.5 Å². The second-order valence-corrected chi connectivity index (χ2v) is 7.41. The van der Waals surface area contributed by atoms with Gasteiger partial charge in [-0.3, -0.25) is 4.79 Å². The predicted molar refractivity (Wildman–Crippen MR) is 112 cm³/mol. The molecule has 30 heavy (non-hydrogen) atoms. The Labute approximate surface area is 177 Å². The first-order valence-corrected chi connectivity index (χ1v) is 9.97. The first-order valence-electron chi connectivity index (χ1n) is 9.16. The number of ether oxygens (including phenoxy) is 2. The molecule has 4 rings (SSSR count). The summed E-state index contributed by atoms with van der Waals surface area (Å²) in [6, 6.07) is 11.1. The molecule has 3 heterocycles. The van der Waals surface area contributed by atoms with Crippen molar-refractivity contribution in [2.75, 3.05) is 14.2 Å². The normalized spacial score (nSPS) is 10.8. The average molecular weight is 424 g/mol. The van der Waals surface area contributed by atoms with E-state index in [1.54, 1.807) is 26.4 Å². The minimum atomic E-state index is -0.195. The van der Waals surface area contributed by atoms with Gasteiger partial charge in [0.05, 0.1) is 26.5 Å². The molecule has 154 valence electrons. The van der Waals surface area contributed by atoms with Gasteiger partial charge in [-0.25, -0.2) is 4.98 Å². The molecule has 8 nitrogen and oxygen atoms in total. The van der Waals surface area contributed by atoms with E-state index < -0.39 is 0 Å². The number of aryl methyl sites for hydroxylation is 1. The van der Waals surface area contributed by atoms with E-state index in [2.05, 4.69) is 15.5 Å². The first kappa shape index (κ1) is 19.7. The summed E-state index contributed by atoms with van der Waals surface area (Å²) in [5, 5.41) is 7.67. The molecule has 0 bridgehead atoms. The van der Waals surface area contributed by atoms with Crippen LogP contribution in [0.2, 0.25) is 0 Å². The molecule has 4 aromatic rings. The molecule has 0 radical (unpaired) electrons. The van der Waals surface area contributed by atoms with Gasteiger partial charge in [0.25, 0.3) is 5.91 Å². The van der Waals surface area contributed by atoms with E-state index in [-0.39, 0.29) is 12.5 Å². The van der Waals surface area contributed by atoms with Crippen LogP contribution in [0.4, 0.5) is 0 Å². The summed E-state index contributed by atoms with van der Waals surface area (Å²) < 4.78 is 17.9. The molecule has 0 saturated heterocycles. The van der Waals surface area contributed by atoms with Crippen LogP contribution in [0.15, 0.2) is 53.3 Å². The van der Waals surface area contributed by atoms with Crippen LogP contribution in [-0.2, 0) is 6.54 Å². The van der Waals surface area contributed by atoms with E-state index in [0.29, 0.717) is 33.5 Å². The summed E-state index contributed by atoms with van der Waals surface area (Å²) in [5.41, 5.74) is 2.10. The molecule has 0 unspecified atom stereocenters. The maximum Gasteiger partial charge on any atom is 0.263 e. The summed E-state index contributed by atoms with van der Waals surface area (Å²) >= 11 is 1.34. The van der Waals surface area contributed by atoms with Crippen molar-refractivity contribution in [3.8, 4) is 28.0 Å². The molecule has 0 aliphatic carbocycles. The highest BCUT2D eigenvalue weighted by molar-refractivity contribution is 7.16. The molecule has 0 aliphatic heterocycles. The standard InChI is InChI=1S/C21H20N4O4S/c1-13-19(30-21(23-13)25-8-4-5-9-25)20(26)22-12-15-11-17(29-24-15)14-6-7-16(27-2)18(10-14)28-3/h4-11H,12H2,1-3H3,(H,22,26). The van der Waals surface area contributed by atoms with E-state index in [1.807, 2.05) is 48.1 Å². The summed E-state index contributed by atoms with van der Waals surface area (Å²) in [6.07, 6.45) is 3.79. The number of nitrogens with zero attached hydrogens (tertiary/aromatic N) is 3. The number of thiazole rings is 1. The Morgan fingerprint density at radius 2 is 1.93 bits per heavy atom. The second-order valence-electron chi connectivity index (χ2n) is 6.44. The molecule has 0 saturated carbocycles. The van der Waals surface area contributed by atoms with Crippen LogP contribution in [0.25, 0.3) is 16.5 Å². The van der Waals surface area contributed by atoms with Gasteiger partial charge >= 0.3 is 0 Å². The highest BCUT2D eigenvalue weighted by atomic mass is 32.1. The van der Waals surface area contributed by atoms with Crippen LogP contribution in [0.3, 0.4) is 0 Å². The van der Waals surface area contributed by atoms with E-state index in [9.17, 15) is 4.79 Å². The molecule has 0 atom stereocenters. The van der Waals surface area contributed by atoms with Crippen LogP contribution in [0.5, 0.6) is 11.5 Å². The van der Waals surface area contributed by atoms with Gasteiger partial charge in [0.2, 0.25) is 0 Å². The Balaban J connectivity index is 1.44. The van der Waals surface area contributed by atoms with Gasteiger partial charge in [0.1, 0.15) is 10.6 Å². The molecular formula is C21H20N4O4S. The number of hydrogen-bond acceptors (Lipinski definition) is 7. The minimum Gasteiger partial charge on any atom is -0.493 e. The highest BCUT2D eigenvalue weighted by Gasteiger charge is 2.17. The van der Waals surface area contributed by atoms with Crippen LogP contribution in [0, 0.1) is 6.92 Å². The molecule has 1 aromatic carbocycles. The van der Waals surface area contributed by atoms with E-state index in [4.69, 9.17) is 14.0 Å². The number of carbonyl (C=O) groups is 1. The zero-order valence-corrected chi connectivity index (χ0v) is 17.5. The Hall–Kier alpha value is -3.59. The lowest BCUT2D eigenvalue weighted by atomic mass is 10.1. The van der Waals surface area contributed by atoms with Crippen molar-refractivity contribution < 1.29 is 18.8 Å². The van der Waals surface area contributed by atoms with Crippen LogP contribution in [0.1, 0.15) is 21.1 Å². The van der Waals surface area contributed by atoms with Crippen molar-refractivity contribution >= 4 is 17.2 Å². The second kappa shape index (κ2) is 8.42. The van der Waals surface area contributed by atoms with Crippen molar-refractivity contribution in [2.24, 2.45) is 0 Å². The van der Waals surface area contributed by atoms with Crippen molar-refractivity contribution in [2.45, 2.75) is 13.5 Å². The summed E-state index contributed by atoms with van der Waals surface area (Å²) in [4.78, 5) is 17.7. The molecule has 1 N–H and O–H groups in total. The van der Waals surface area contributed by atoms with Gasteiger partial charge in [-0.05, 0) is 37.3 Å². The summed E-state index contributed by atoms with van der Waals surface area (Å²) in [7, 11) is 3.16. The van der Waals surface area contributed by atoms with Gasteiger partial charge in [-0.2, -0.15) is 0 Å². The lowest BCUT2D eigenvalue weighted by Gasteiger charge is -2.07. The minimum absolute atomic E-state index is 0.195. The fraction of sp³-hybridized carbons (Fsp3) is 0.190. The predicted octanol–water partition coefficient (Wildman–Crippen LogP) is 3.84. The number of hydrogen-bond donors (Lipinski definition) is 1. The number of aromatic nitrogens is 3. The smallest absolute Gasteiger partial charge is 0.263 e. The van der Waals surface area contributed by atoms with Gasteiger partial charge in [0, 0.05) is 24.0 Å². The zero-order valence-electron chi connectivity index (χ0n) is 16.7. The lowest BCUT2D eigenvalue weighted by Crippen LogP contribution is -2.22. The van der Waals surface area contributed by atoms with Gasteiger partial charge < -0.3 is 23.9 Å². The Morgan fingerprint density at radius 1 is 1.17 bits per heavy atom. The highest BCUT2D eigenvalue weighted by Crippen LogP contribution is 2.32. The number of nitrogens with one attached hydrogen (secondary N) is 1. The molecule has 0 aliphatic rings. The number of benzene rings is 1. The van der Waals surface area contributed by atoms with Crippen molar-refractivity contribution in [3.05, 3.63) is 65.1 Å². The van der Waals surface area contributed by atoms with Crippen molar-refractivity contribution in [3.63, 3.8) is 0 Å². The van der Waals surface area contributed by atoms with Crippen molar-refractivity contribution in [1.29, 1.82) is 0 Å². The molecule has 1 amide bonds. The first-order chi connectivity index (χ1) is 14.6. The van der Waals surface area contributed by atoms with E-state index >= 15 is 0 Å². The van der Waals surface area contributed by atoms with E-state index in [1.165, 1.54) is 11.3 Å². The third-order valence-electron chi connectivity index (χ3n) is 4.47. The van der Waals surface area contributed by atoms with Crippen LogP contribution < -0.4 is 14.8 Å². The molecule has 0 fully saturated rings. The lowest BCUT2D eigenvalue weighted by molar-refractivity contribution is 0.0953. The summed E-state index contributed by atoms with van der Waals surface area (Å²) in [5.74, 6) is 1.61. The van der Waals surface area contributed by atoms with Gasteiger partial charge in [-0.15, -0.1) is 0 Å². The Kier molecular flexibility index (Phi) is 5.53. The average Bonchev–Trinajstić information content (AvgIpc) is 3.52. The number of carbonyl (C=O) groups excluding carboxylic acids is 1. The van der Waals surface area contributed by atoms with E-state index in [0.717, 1.165) is 10.7 Å². The zero-order chi connectivity index (χ0) is 21.1. The molecular weight excluding hydrogens is 404 g/mol. The number of methoxy groups -OCH3 is 2. The van der Waals surface area contributed by atoms with Crippen LogP contribution >= 0.6 is 11.3 Å². The monoisotopic (exact) mass is 424 g/mol. The topological polar surface area (TPSA) is 91.4 Å². The fourth-order valence-electron chi connectivity index (χ4n) is 2.94. The maximum atomic E-state index is 12.6. The third-order valence-corrected chi connectivity index (χ3v) is 5.64. The Morgan fingerprint density at radius 3 is 2.67 bits per heavy atom. The third kappa shape index (κ3) is 3.92. The molecule has 9 heteroatoms. The molecule has 3 aromatic heterocycles. The number of rotatable bonds is 7. The SMILES string of the molecule is COc1ccc(-c2cc(CNC(=O)c3sc(-n4cccc4)nc3C)no2)cc1OC. The van der Waals surface area contributed by atoms with Gasteiger partial charge in [0.15, 0.2) is 22.4 Å². The quantitative estimate of drug-likeness (QED) is 0.485. The Bertz CT molecular complexity index is 1160. The summed E-state index contributed by atoms with van der Waals surface area (Å²) in [6.45, 7) is 2.06. The molecule has 0 spiro atoms. The van der Waals surface area contributed by atoms with Crippen LogP contribution in [-0.4, -0.2) is 34.8 Å². The fourth-order valence-corrected chi connectivity index (χ4v) is 3.89. The number of amides is 1.